The first-order valence-corrected chi connectivity index (χ1v) is 6.33. The second-order valence-corrected chi connectivity index (χ2v) is 4.38. The molecule has 0 aliphatic heterocycles. The van der Waals surface area contributed by atoms with Crippen molar-refractivity contribution in [3.63, 3.8) is 0 Å². The Labute approximate surface area is 112 Å². The van der Waals surface area contributed by atoms with Crippen molar-refractivity contribution in [2.24, 2.45) is 0 Å². The van der Waals surface area contributed by atoms with Crippen LogP contribution in [0.4, 0.5) is 5.69 Å². The number of hydrogen-bond donors (Lipinski definition) is 3. The van der Waals surface area contributed by atoms with Crippen LogP contribution in [0.2, 0.25) is 0 Å². The van der Waals surface area contributed by atoms with E-state index in [1.807, 2.05) is 24.3 Å². The number of aromatic amines is 1. The molecule has 5 nitrogen and oxygen atoms in total. The quantitative estimate of drug-likeness (QED) is 0.682. The molecule has 0 saturated heterocycles. The summed E-state index contributed by atoms with van der Waals surface area (Å²) in [5.74, 6) is 0.946. The number of carbonyl (C=O) groups excluding carboxylic acids is 1. The highest BCUT2D eigenvalue weighted by atomic mass is 16.1. The normalized spacial score (nSPS) is 10.3. The Kier molecular flexibility index (Phi) is 4.55. The molecule has 0 aliphatic carbocycles. The topological polar surface area (TPSA) is 83.8 Å². The number of amides is 1. The number of aryl methyl sites for hydroxylation is 1. The Morgan fingerprint density at radius 3 is 2.74 bits per heavy atom. The number of nitrogens with one attached hydrogen (secondary N) is 2. The van der Waals surface area contributed by atoms with Gasteiger partial charge in [-0.3, -0.25) is 4.79 Å². The first kappa shape index (κ1) is 13.1. The van der Waals surface area contributed by atoms with Crippen LogP contribution in [0.3, 0.4) is 0 Å². The molecule has 1 heterocycles. The van der Waals surface area contributed by atoms with Crippen LogP contribution in [-0.2, 0) is 17.6 Å². The number of benzene rings is 1. The van der Waals surface area contributed by atoms with Gasteiger partial charge >= 0.3 is 0 Å². The van der Waals surface area contributed by atoms with Gasteiger partial charge in [0.25, 0.3) is 0 Å². The lowest BCUT2D eigenvalue weighted by molar-refractivity contribution is -0.121. The summed E-state index contributed by atoms with van der Waals surface area (Å²) < 4.78 is 0. The molecule has 0 spiro atoms. The van der Waals surface area contributed by atoms with Crippen LogP contribution in [-0.4, -0.2) is 22.4 Å². The van der Waals surface area contributed by atoms with Gasteiger partial charge < -0.3 is 16.0 Å². The number of aromatic nitrogens is 2. The molecule has 1 amide bonds. The van der Waals surface area contributed by atoms with E-state index in [-0.39, 0.29) is 5.91 Å². The second-order valence-electron chi connectivity index (χ2n) is 4.38. The number of carbonyl (C=O) groups is 1. The van der Waals surface area contributed by atoms with Crippen LogP contribution in [0.5, 0.6) is 0 Å². The average Bonchev–Trinajstić information content (AvgIpc) is 2.91. The summed E-state index contributed by atoms with van der Waals surface area (Å²) in [5.41, 5.74) is 7.47. The fraction of sp³-hybridized carbons (Fsp3) is 0.286. The molecular weight excluding hydrogens is 240 g/mol. The van der Waals surface area contributed by atoms with Gasteiger partial charge in [0.05, 0.1) is 0 Å². The van der Waals surface area contributed by atoms with Crippen molar-refractivity contribution in [1.29, 1.82) is 0 Å². The lowest BCUT2D eigenvalue weighted by Crippen LogP contribution is -2.26. The minimum Gasteiger partial charge on any atom is -0.399 e. The second kappa shape index (κ2) is 6.58. The van der Waals surface area contributed by atoms with Crippen molar-refractivity contribution in [2.75, 3.05) is 12.3 Å². The van der Waals surface area contributed by atoms with Gasteiger partial charge in [0, 0.05) is 37.5 Å². The van der Waals surface area contributed by atoms with E-state index in [1.54, 1.807) is 12.4 Å². The lowest BCUT2D eigenvalue weighted by Gasteiger charge is -2.04. The first-order valence-electron chi connectivity index (χ1n) is 6.33. The van der Waals surface area contributed by atoms with Gasteiger partial charge in [-0.25, -0.2) is 4.98 Å². The maximum Gasteiger partial charge on any atom is 0.220 e. The average molecular weight is 258 g/mol. The third-order valence-corrected chi connectivity index (χ3v) is 2.86. The van der Waals surface area contributed by atoms with E-state index in [9.17, 15) is 4.79 Å². The highest BCUT2D eigenvalue weighted by Crippen LogP contribution is 2.07. The van der Waals surface area contributed by atoms with Crippen molar-refractivity contribution in [3.8, 4) is 0 Å². The summed E-state index contributed by atoms with van der Waals surface area (Å²) in [6.45, 7) is 0.605. The van der Waals surface area contributed by atoms with Gasteiger partial charge in [-0.2, -0.15) is 0 Å². The molecule has 2 rings (SSSR count). The molecule has 5 heteroatoms. The van der Waals surface area contributed by atoms with Crippen LogP contribution in [0.25, 0.3) is 0 Å². The SMILES string of the molecule is Nc1ccc(CCC(=O)NCCc2ncc[nH]2)cc1. The van der Waals surface area contributed by atoms with Crippen molar-refractivity contribution < 1.29 is 4.79 Å². The van der Waals surface area contributed by atoms with Crippen LogP contribution < -0.4 is 11.1 Å². The molecule has 0 fully saturated rings. The van der Waals surface area contributed by atoms with E-state index in [1.165, 1.54) is 0 Å². The van der Waals surface area contributed by atoms with Crippen LogP contribution in [0, 0.1) is 0 Å². The summed E-state index contributed by atoms with van der Waals surface area (Å²) in [6, 6.07) is 7.60. The number of imidazole rings is 1. The standard InChI is InChI=1S/C14H18N4O/c15-12-4-1-11(2-5-12)3-6-14(19)18-8-7-13-16-9-10-17-13/h1-2,4-5,9-10H,3,6-8,15H2,(H,16,17)(H,18,19). The number of hydrogen-bond acceptors (Lipinski definition) is 3. The molecule has 0 radical (unpaired) electrons. The minimum atomic E-state index is 0.0587. The van der Waals surface area contributed by atoms with E-state index in [4.69, 9.17) is 5.73 Å². The van der Waals surface area contributed by atoms with E-state index in [2.05, 4.69) is 15.3 Å². The zero-order chi connectivity index (χ0) is 13.5. The van der Waals surface area contributed by atoms with Crippen molar-refractivity contribution in [3.05, 3.63) is 48.0 Å². The highest BCUT2D eigenvalue weighted by Gasteiger charge is 2.02. The molecule has 0 atom stereocenters. The van der Waals surface area contributed by atoms with E-state index >= 15 is 0 Å². The molecule has 19 heavy (non-hydrogen) atoms. The van der Waals surface area contributed by atoms with Gasteiger partial charge in [0.2, 0.25) is 5.91 Å². The number of nitrogen functional groups attached to an aromatic ring is 1. The Morgan fingerprint density at radius 2 is 2.05 bits per heavy atom. The van der Waals surface area contributed by atoms with Crippen molar-refractivity contribution in [2.45, 2.75) is 19.3 Å². The van der Waals surface area contributed by atoms with Gasteiger partial charge in [-0.05, 0) is 24.1 Å². The zero-order valence-electron chi connectivity index (χ0n) is 10.7. The van der Waals surface area contributed by atoms with Crippen LogP contribution >= 0.6 is 0 Å². The number of anilines is 1. The summed E-state index contributed by atoms with van der Waals surface area (Å²) in [4.78, 5) is 18.7. The zero-order valence-corrected chi connectivity index (χ0v) is 10.7. The molecule has 0 aliphatic rings. The third kappa shape index (κ3) is 4.46. The predicted octanol–water partition coefficient (Wildman–Crippen LogP) is 1.28. The Hall–Kier alpha value is -2.30. The predicted molar refractivity (Wildman–Crippen MR) is 74.5 cm³/mol. The van der Waals surface area contributed by atoms with E-state index in [0.29, 0.717) is 13.0 Å². The first-order chi connectivity index (χ1) is 9.24. The van der Waals surface area contributed by atoms with Gasteiger partial charge in [-0.15, -0.1) is 0 Å². The summed E-state index contributed by atoms with van der Waals surface area (Å²) in [6.07, 6.45) is 5.42. The molecule has 4 N–H and O–H groups in total. The molecule has 1 aromatic heterocycles. The monoisotopic (exact) mass is 258 g/mol. The molecular formula is C14H18N4O. The minimum absolute atomic E-state index is 0.0587. The highest BCUT2D eigenvalue weighted by molar-refractivity contribution is 5.76. The fourth-order valence-corrected chi connectivity index (χ4v) is 1.79. The summed E-state index contributed by atoms with van der Waals surface area (Å²) >= 11 is 0. The number of H-pyrrole nitrogens is 1. The molecule has 2 aromatic rings. The molecule has 1 aromatic carbocycles. The van der Waals surface area contributed by atoms with Crippen molar-refractivity contribution >= 4 is 11.6 Å². The third-order valence-electron chi connectivity index (χ3n) is 2.86. The van der Waals surface area contributed by atoms with E-state index in [0.717, 1.165) is 29.9 Å². The number of rotatable bonds is 6. The summed E-state index contributed by atoms with van der Waals surface area (Å²) in [7, 11) is 0. The molecule has 100 valence electrons. The Morgan fingerprint density at radius 1 is 1.26 bits per heavy atom. The molecule has 0 unspecified atom stereocenters. The smallest absolute Gasteiger partial charge is 0.220 e. The maximum atomic E-state index is 11.6. The molecule has 0 saturated carbocycles. The fourth-order valence-electron chi connectivity index (χ4n) is 1.79. The number of nitrogens with two attached hydrogens (primary N) is 1. The van der Waals surface area contributed by atoms with Gasteiger partial charge in [0.1, 0.15) is 5.82 Å². The van der Waals surface area contributed by atoms with Gasteiger partial charge in [-0.1, -0.05) is 12.1 Å². The largest absolute Gasteiger partial charge is 0.399 e. The van der Waals surface area contributed by atoms with E-state index < -0.39 is 0 Å². The molecule has 0 bridgehead atoms. The van der Waals surface area contributed by atoms with Gasteiger partial charge in [0.15, 0.2) is 0 Å². The summed E-state index contributed by atoms with van der Waals surface area (Å²) in [5, 5.41) is 2.88. The Balaban J connectivity index is 1.65. The van der Waals surface area contributed by atoms with Crippen molar-refractivity contribution in [1.82, 2.24) is 15.3 Å². The Bertz CT molecular complexity index is 505. The van der Waals surface area contributed by atoms with Crippen LogP contribution in [0.1, 0.15) is 17.8 Å². The van der Waals surface area contributed by atoms with Crippen LogP contribution in [0.15, 0.2) is 36.7 Å². The lowest BCUT2D eigenvalue weighted by atomic mass is 10.1. The number of nitrogens with zero attached hydrogens (tertiary/aromatic N) is 1. The maximum absolute atomic E-state index is 11.6.